The lowest BCUT2D eigenvalue weighted by atomic mass is 10.2. The number of hydrogen-bond donors (Lipinski definition) is 0. The molecule has 1 rings (SSSR count). The van der Waals surface area contributed by atoms with Crippen molar-refractivity contribution < 1.29 is 13.3 Å². The maximum atomic E-state index is 12.5. The van der Waals surface area contributed by atoms with E-state index in [0.29, 0.717) is 0 Å². The summed E-state index contributed by atoms with van der Waals surface area (Å²) in [6, 6.07) is 0. The number of rotatable bonds is 2. The van der Waals surface area contributed by atoms with Crippen molar-refractivity contribution >= 4 is 0 Å². The van der Waals surface area contributed by atoms with Crippen LogP contribution in [0, 0.1) is 0 Å². The van der Waals surface area contributed by atoms with Crippen LogP contribution in [0.3, 0.4) is 0 Å². The smallest absolute Gasteiger partial charge is 0.307 e. The van der Waals surface area contributed by atoms with E-state index >= 15 is 0 Å². The molecule has 0 aliphatic rings. The molecule has 1 aromatic rings. The van der Waals surface area contributed by atoms with Crippen LogP contribution in [0.15, 0.2) is 4.52 Å². The SMILES string of the molecule is CC(C)c1nc(C(C)(F)F)no1. The summed E-state index contributed by atoms with van der Waals surface area (Å²) in [4.78, 5) is 3.55. The molecule has 0 aromatic carbocycles. The number of aromatic nitrogens is 2. The highest BCUT2D eigenvalue weighted by atomic mass is 19.3. The lowest BCUT2D eigenvalue weighted by molar-refractivity contribution is 0.00559. The quantitative estimate of drug-likeness (QED) is 0.694. The molecule has 0 saturated heterocycles. The van der Waals surface area contributed by atoms with Gasteiger partial charge >= 0.3 is 5.92 Å². The Hall–Kier alpha value is -1.00. The van der Waals surface area contributed by atoms with Gasteiger partial charge in [0.25, 0.3) is 0 Å². The minimum atomic E-state index is -3.02. The molecule has 0 bridgehead atoms. The molecule has 0 aliphatic carbocycles. The van der Waals surface area contributed by atoms with Crippen LogP contribution >= 0.6 is 0 Å². The molecule has 0 fully saturated rings. The van der Waals surface area contributed by atoms with E-state index in [4.69, 9.17) is 0 Å². The van der Waals surface area contributed by atoms with Crippen LogP contribution in [0.1, 0.15) is 38.4 Å². The van der Waals surface area contributed by atoms with Crippen molar-refractivity contribution in [3.63, 3.8) is 0 Å². The summed E-state index contributed by atoms with van der Waals surface area (Å²) in [6.07, 6.45) is 0. The molecule has 0 saturated carbocycles. The first-order valence-corrected chi connectivity index (χ1v) is 3.63. The second-order valence-corrected chi connectivity index (χ2v) is 3.00. The van der Waals surface area contributed by atoms with Gasteiger partial charge in [-0.05, 0) is 0 Å². The Balaban J connectivity index is 2.92. The second kappa shape index (κ2) is 2.80. The van der Waals surface area contributed by atoms with E-state index in [0.717, 1.165) is 6.92 Å². The van der Waals surface area contributed by atoms with Gasteiger partial charge in [-0.3, -0.25) is 0 Å². The van der Waals surface area contributed by atoms with E-state index in [1.165, 1.54) is 0 Å². The molecule has 0 atom stereocenters. The van der Waals surface area contributed by atoms with Crippen molar-refractivity contribution in [3.05, 3.63) is 11.7 Å². The molecule has 12 heavy (non-hydrogen) atoms. The van der Waals surface area contributed by atoms with Gasteiger partial charge in [0.15, 0.2) is 0 Å². The predicted octanol–water partition coefficient (Wildman–Crippen LogP) is 2.30. The van der Waals surface area contributed by atoms with Crippen LogP contribution in [-0.4, -0.2) is 10.1 Å². The predicted molar refractivity (Wildman–Crippen MR) is 38.0 cm³/mol. The van der Waals surface area contributed by atoms with Crippen LogP contribution in [-0.2, 0) is 5.92 Å². The molecule has 0 aliphatic heterocycles. The minimum absolute atomic E-state index is 0.0198. The second-order valence-electron chi connectivity index (χ2n) is 3.00. The Labute approximate surface area is 68.8 Å². The molecule has 0 amide bonds. The Bertz CT molecular complexity index is 265. The molecular weight excluding hydrogens is 166 g/mol. The molecular formula is C7H10F2N2O. The summed E-state index contributed by atoms with van der Waals surface area (Å²) in [5.74, 6) is -3.34. The fourth-order valence-corrected chi connectivity index (χ4v) is 0.648. The van der Waals surface area contributed by atoms with Gasteiger partial charge in [0.1, 0.15) is 0 Å². The van der Waals surface area contributed by atoms with Gasteiger partial charge in [0.2, 0.25) is 11.7 Å². The third-order valence-electron chi connectivity index (χ3n) is 1.33. The fourth-order valence-electron chi connectivity index (χ4n) is 0.648. The van der Waals surface area contributed by atoms with E-state index in [2.05, 4.69) is 14.7 Å². The number of alkyl halides is 2. The Morgan fingerprint density at radius 1 is 1.42 bits per heavy atom. The lowest BCUT2D eigenvalue weighted by Crippen LogP contribution is -2.09. The first kappa shape index (κ1) is 9.09. The molecule has 0 N–H and O–H groups in total. The average molecular weight is 176 g/mol. The zero-order valence-electron chi connectivity index (χ0n) is 7.14. The van der Waals surface area contributed by atoms with Gasteiger partial charge in [-0.25, -0.2) is 0 Å². The van der Waals surface area contributed by atoms with Gasteiger partial charge in [-0.1, -0.05) is 19.0 Å². The van der Waals surface area contributed by atoms with E-state index in [9.17, 15) is 8.78 Å². The van der Waals surface area contributed by atoms with Gasteiger partial charge in [0.05, 0.1) is 0 Å². The van der Waals surface area contributed by atoms with Crippen molar-refractivity contribution in [2.24, 2.45) is 0 Å². The normalized spacial score (nSPS) is 12.5. The topological polar surface area (TPSA) is 38.9 Å². The fraction of sp³-hybridized carbons (Fsp3) is 0.714. The summed E-state index contributed by atoms with van der Waals surface area (Å²) in [5.41, 5.74) is 0. The van der Waals surface area contributed by atoms with E-state index in [1.54, 1.807) is 13.8 Å². The third kappa shape index (κ3) is 1.78. The Morgan fingerprint density at radius 2 is 2.00 bits per heavy atom. The lowest BCUT2D eigenvalue weighted by Gasteiger charge is -2.01. The molecule has 0 radical (unpaired) electrons. The van der Waals surface area contributed by atoms with Gasteiger partial charge < -0.3 is 4.52 Å². The van der Waals surface area contributed by atoms with Crippen molar-refractivity contribution in [1.29, 1.82) is 0 Å². The van der Waals surface area contributed by atoms with Gasteiger partial charge in [0, 0.05) is 12.8 Å². The van der Waals surface area contributed by atoms with Crippen molar-refractivity contribution in [1.82, 2.24) is 10.1 Å². The zero-order chi connectivity index (χ0) is 9.35. The molecule has 68 valence electrons. The highest BCUT2D eigenvalue weighted by Gasteiger charge is 2.31. The number of hydrogen-bond acceptors (Lipinski definition) is 3. The number of nitrogens with zero attached hydrogens (tertiary/aromatic N) is 2. The largest absolute Gasteiger partial charge is 0.339 e. The van der Waals surface area contributed by atoms with E-state index in [1.807, 2.05) is 0 Å². The minimum Gasteiger partial charge on any atom is -0.339 e. The van der Waals surface area contributed by atoms with Crippen molar-refractivity contribution in [3.8, 4) is 0 Å². The monoisotopic (exact) mass is 176 g/mol. The van der Waals surface area contributed by atoms with Gasteiger partial charge in [-0.2, -0.15) is 13.8 Å². The standard InChI is InChI=1S/C7H10F2N2O/c1-4(2)5-10-6(11-12-5)7(3,8)9/h4H,1-3H3. The van der Waals surface area contributed by atoms with E-state index in [-0.39, 0.29) is 11.8 Å². The molecule has 1 aromatic heterocycles. The maximum Gasteiger partial charge on any atom is 0.307 e. The molecule has 1 heterocycles. The van der Waals surface area contributed by atoms with Crippen molar-refractivity contribution in [2.45, 2.75) is 32.6 Å². The molecule has 0 unspecified atom stereocenters. The maximum absolute atomic E-state index is 12.5. The van der Waals surface area contributed by atoms with Crippen molar-refractivity contribution in [2.75, 3.05) is 0 Å². The Morgan fingerprint density at radius 3 is 2.25 bits per heavy atom. The van der Waals surface area contributed by atoms with Crippen LogP contribution < -0.4 is 0 Å². The summed E-state index contributed by atoms with van der Waals surface area (Å²) in [7, 11) is 0. The van der Waals surface area contributed by atoms with Crippen LogP contribution in [0.4, 0.5) is 8.78 Å². The summed E-state index contributed by atoms with van der Waals surface area (Å²) in [6.45, 7) is 4.33. The summed E-state index contributed by atoms with van der Waals surface area (Å²) >= 11 is 0. The highest BCUT2D eigenvalue weighted by molar-refractivity contribution is 4.95. The molecule has 3 nitrogen and oxygen atoms in total. The summed E-state index contributed by atoms with van der Waals surface area (Å²) < 4.78 is 29.7. The average Bonchev–Trinajstić information content (AvgIpc) is 2.30. The zero-order valence-corrected chi connectivity index (χ0v) is 7.14. The van der Waals surface area contributed by atoms with Crippen LogP contribution in [0.5, 0.6) is 0 Å². The first-order valence-electron chi connectivity index (χ1n) is 3.63. The molecule has 0 spiro atoms. The molecule has 5 heteroatoms. The van der Waals surface area contributed by atoms with Gasteiger partial charge in [-0.15, -0.1) is 0 Å². The van der Waals surface area contributed by atoms with Crippen LogP contribution in [0.25, 0.3) is 0 Å². The van der Waals surface area contributed by atoms with Crippen LogP contribution in [0.2, 0.25) is 0 Å². The summed E-state index contributed by atoms with van der Waals surface area (Å²) in [5, 5.41) is 3.17. The number of halogens is 2. The Kier molecular flexibility index (Phi) is 2.12. The first-order chi connectivity index (χ1) is 5.41. The van der Waals surface area contributed by atoms with E-state index < -0.39 is 11.7 Å². The highest BCUT2D eigenvalue weighted by Crippen LogP contribution is 2.25. The third-order valence-corrected chi connectivity index (χ3v) is 1.33.